The van der Waals surface area contributed by atoms with Crippen LogP contribution in [-0.2, 0) is 6.42 Å². The maximum atomic E-state index is 15.6. The number of aromatic amines is 1. The van der Waals surface area contributed by atoms with Gasteiger partial charge in [0, 0.05) is 42.8 Å². The SMILES string of the molecule is CCc1cccc(N2CCN(C(=O)c3cc4c(-c5ccccc5OC)cc(C(C)C)c(F)c4[nH]3)CC2)n1. The number of fused-ring (bicyclic) bond motifs is 1. The lowest BCUT2D eigenvalue weighted by atomic mass is 9.93. The lowest BCUT2D eigenvalue weighted by Crippen LogP contribution is -2.49. The number of piperazine rings is 1. The fourth-order valence-corrected chi connectivity index (χ4v) is 5.06. The van der Waals surface area contributed by atoms with Crippen molar-refractivity contribution in [2.24, 2.45) is 0 Å². The van der Waals surface area contributed by atoms with Crippen LogP contribution in [0.25, 0.3) is 22.0 Å². The first-order valence-electron chi connectivity index (χ1n) is 12.9. The van der Waals surface area contributed by atoms with Crippen molar-refractivity contribution in [1.82, 2.24) is 14.9 Å². The predicted molar refractivity (Wildman–Crippen MR) is 146 cm³/mol. The van der Waals surface area contributed by atoms with Gasteiger partial charge in [0.25, 0.3) is 5.91 Å². The highest BCUT2D eigenvalue weighted by Gasteiger charge is 2.26. The first-order valence-corrected chi connectivity index (χ1v) is 12.9. The van der Waals surface area contributed by atoms with Gasteiger partial charge in [-0.05, 0) is 53.8 Å². The van der Waals surface area contributed by atoms with E-state index in [-0.39, 0.29) is 17.6 Å². The predicted octanol–water partition coefficient (Wildman–Crippen LogP) is 6.03. The summed E-state index contributed by atoms with van der Waals surface area (Å²) in [5, 5.41) is 0.675. The molecule has 0 bridgehead atoms. The molecule has 7 heteroatoms. The Morgan fingerprint density at radius 3 is 2.51 bits per heavy atom. The second kappa shape index (κ2) is 10.2. The molecular weight excluding hydrogens is 467 g/mol. The molecule has 3 heterocycles. The molecule has 0 saturated carbocycles. The molecule has 5 rings (SSSR count). The van der Waals surface area contributed by atoms with E-state index in [1.807, 2.05) is 67.3 Å². The minimum absolute atomic E-state index is 0.0202. The summed E-state index contributed by atoms with van der Waals surface area (Å²) in [7, 11) is 1.63. The number of aromatic nitrogens is 2. The highest BCUT2D eigenvalue weighted by Crippen LogP contribution is 2.39. The normalized spacial score (nSPS) is 14.0. The van der Waals surface area contributed by atoms with E-state index in [0.29, 0.717) is 54.1 Å². The average Bonchev–Trinajstić information content (AvgIpc) is 3.39. The largest absolute Gasteiger partial charge is 0.496 e. The number of benzene rings is 2. The molecule has 0 aliphatic carbocycles. The summed E-state index contributed by atoms with van der Waals surface area (Å²) >= 11 is 0. The first-order chi connectivity index (χ1) is 17.9. The third-order valence-electron chi connectivity index (χ3n) is 7.18. The zero-order valence-corrected chi connectivity index (χ0v) is 21.8. The topological polar surface area (TPSA) is 61.5 Å². The Kier molecular flexibility index (Phi) is 6.87. The van der Waals surface area contributed by atoms with Crippen LogP contribution in [0, 0.1) is 5.82 Å². The van der Waals surface area contributed by atoms with Crippen LogP contribution in [0.1, 0.15) is 48.4 Å². The van der Waals surface area contributed by atoms with Gasteiger partial charge < -0.3 is 19.5 Å². The summed E-state index contributed by atoms with van der Waals surface area (Å²) in [6.45, 7) is 8.58. The molecule has 2 aromatic heterocycles. The zero-order chi connectivity index (χ0) is 26.1. The van der Waals surface area contributed by atoms with E-state index >= 15 is 4.39 Å². The lowest BCUT2D eigenvalue weighted by molar-refractivity contribution is 0.0741. The van der Waals surface area contributed by atoms with Gasteiger partial charge in [0.1, 0.15) is 17.3 Å². The molecule has 1 aliphatic heterocycles. The van der Waals surface area contributed by atoms with Gasteiger partial charge in [0.15, 0.2) is 5.82 Å². The number of amides is 1. The summed E-state index contributed by atoms with van der Waals surface area (Å²) in [5.41, 5.74) is 4.12. The number of halogens is 1. The van der Waals surface area contributed by atoms with Crippen molar-refractivity contribution >= 4 is 22.6 Å². The number of carbonyl (C=O) groups is 1. The number of carbonyl (C=O) groups excluding carboxylic acids is 1. The average molecular weight is 501 g/mol. The monoisotopic (exact) mass is 500 g/mol. The van der Waals surface area contributed by atoms with Gasteiger partial charge >= 0.3 is 0 Å². The molecule has 192 valence electrons. The van der Waals surface area contributed by atoms with Crippen molar-refractivity contribution in [1.29, 1.82) is 0 Å². The Balaban J connectivity index is 1.46. The Hall–Kier alpha value is -3.87. The molecule has 1 amide bonds. The Bertz CT molecular complexity index is 1440. The summed E-state index contributed by atoms with van der Waals surface area (Å²) in [6.07, 6.45) is 0.888. The molecule has 0 spiro atoms. The summed E-state index contributed by atoms with van der Waals surface area (Å²) in [4.78, 5) is 25.4. The number of rotatable bonds is 6. The number of nitrogens with zero attached hydrogens (tertiary/aromatic N) is 3. The van der Waals surface area contributed by atoms with Crippen molar-refractivity contribution in [3.05, 3.63) is 77.4 Å². The fourth-order valence-electron chi connectivity index (χ4n) is 5.06. The number of aryl methyl sites for hydroxylation is 1. The molecule has 4 aromatic rings. The molecule has 1 aliphatic rings. The molecule has 1 saturated heterocycles. The Labute approximate surface area is 217 Å². The van der Waals surface area contributed by atoms with E-state index < -0.39 is 0 Å². The van der Waals surface area contributed by atoms with E-state index in [1.54, 1.807) is 13.2 Å². The van der Waals surface area contributed by atoms with E-state index in [1.165, 1.54) is 0 Å². The number of pyridine rings is 1. The van der Waals surface area contributed by atoms with Gasteiger partial charge in [-0.25, -0.2) is 9.37 Å². The highest BCUT2D eigenvalue weighted by molar-refractivity contribution is 6.04. The van der Waals surface area contributed by atoms with Crippen molar-refractivity contribution < 1.29 is 13.9 Å². The smallest absolute Gasteiger partial charge is 0.270 e. The first kappa shape index (κ1) is 24.8. The zero-order valence-electron chi connectivity index (χ0n) is 21.8. The van der Waals surface area contributed by atoms with Crippen LogP contribution in [0.5, 0.6) is 5.75 Å². The number of nitrogens with one attached hydrogen (secondary N) is 1. The number of hydrogen-bond donors (Lipinski definition) is 1. The van der Waals surface area contributed by atoms with E-state index in [4.69, 9.17) is 9.72 Å². The minimum Gasteiger partial charge on any atom is -0.496 e. The number of anilines is 1. The number of ether oxygens (including phenoxy) is 1. The fraction of sp³-hybridized carbons (Fsp3) is 0.333. The maximum absolute atomic E-state index is 15.6. The number of H-pyrrole nitrogens is 1. The molecule has 0 atom stereocenters. The van der Waals surface area contributed by atoms with Gasteiger partial charge in [-0.2, -0.15) is 0 Å². The van der Waals surface area contributed by atoms with Crippen LogP contribution < -0.4 is 9.64 Å². The molecule has 0 unspecified atom stereocenters. The van der Waals surface area contributed by atoms with Crippen LogP contribution in [0.3, 0.4) is 0 Å². The summed E-state index contributed by atoms with van der Waals surface area (Å²) in [6, 6.07) is 17.4. The van der Waals surface area contributed by atoms with Gasteiger partial charge in [-0.15, -0.1) is 0 Å². The maximum Gasteiger partial charge on any atom is 0.270 e. The van der Waals surface area contributed by atoms with Crippen molar-refractivity contribution in [3.8, 4) is 16.9 Å². The molecule has 1 fully saturated rings. The van der Waals surface area contributed by atoms with Crippen molar-refractivity contribution in [2.45, 2.75) is 33.1 Å². The van der Waals surface area contributed by atoms with Gasteiger partial charge in [-0.3, -0.25) is 4.79 Å². The number of hydrogen-bond acceptors (Lipinski definition) is 4. The van der Waals surface area contributed by atoms with Gasteiger partial charge in [0.05, 0.1) is 12.6 Å². The van der Waals surface area contributed by atoms with Gasteiger partial charge in [-0.1, -0.05) is 45.0 Å². The van der Waals surface area contributed by atoms with Crippen LogP contribution in [0.2, 0.25) is 0 Å². The molecule has 37 heavy (non-hydrogen) atoms. The standard InChI is InChI=1S/C30H33FN4O2/c1-5-20-9-8-12-27(32-20)34-13-15-35(16-14-34)30(36)25-18-24-23(21-10-6-7-11-26(21)37-4)17-22(19(2)3)28(31)29(24)33-25/h6-12,17-19,33H,5,13-16H2,1-4H3. The van der Waals surface area contributed by atoms with E-state index in [2.05, 4.69) is 16.8 Å². The highest BCUT2D eigenvalue weighted by atomic mass is 19.1. The van der Waals surface area contributed by atoms with Crippen LogP contribution in [-0.4, -0.2) is 54.1 Å². The lowest BCUT2D eigenvalue weighted by Gasteiger charge is -2.35. The summed E-state index contributed by atoms with van der Waals surface area (Å²) < 4.78 is 21.2. The van der Waals surface area contributed by atoms with E-state index in [9.17, 15) is 4.79 Å². The third-order valence-corrected chi connectivity index (χ3v) is 7.18. The molecule has 2 aromatic carbocycles. The van der Waals surface area contributed by atoms with Crippen molar-refractivity contribution in [2.75, 3.05) is 38.2 Å². The quantitative estimate of drug-likeness (QED) is 0.351. The molecular formula is C30H33FN4O2. The van der Waals surface area contributed by atoms with Crippen LogP contribution >= 0.6 is 0 Å². The second-order valence-electron chi connectivity index (χ2n) is 9.77. The summed E-state index contributed by atoms with van der Waals surface area (Å²) in [5.74, 6) is 1.20. The van der Waals surface area contributed by atoms with Gasteiger partial charge in [0.2, 0.25) is 0 Å². The third kappa shape index (κ3) is 4.66. The molecule has 0 radical (unpaired) electrons. The minimum atomic E-state index is -0.311. The van der Waals surface area contributed by atoms with Crippen LogP contribution in [0.4, 0.5) is 10.2 Å². The molecule has 6 nitrogen and oxygen atoms in total. The number of methoxy groups -OCH3 is 1. The van der Waals surface area contributed by atoms with E-state index in [0.717, 1.165) is 29.1 Å². The van der Waals surface area contributed by atoms with Crippen molar-refractivity contribution in [3.63, 3.8) is 0 Å². The molecule has 1 N–H and O–H groups in total. The van der Waals surface area contributed by atoms with Crippen LogP contribution in [0.15, 0.2) is 54.6 Å². The second-order valence-corrected chi connectivity index (χ2v) is 9.77. The Morgan fingerprint density at radius 2 is 1.81 bits per heavy atom. The Morgan fingerprint density at radius 1 is 1.05 bits per heavy atom. The number of para-hydroxylation sites is 1.